The highest BCUT2D eigenvalue weighted by Gasteiger charge is 2.05. The molecule has 0 aliphatic carbocycles. The van der Waals surface area contributed by atoms with E-state index in [1.54, 1.807) is 0 Å². The van der Waals surface area contributed by atoms with Crippen LogP contribution < -0.4 is 4.74 Å². The van der Waals surface area contributed by atoms with Crippen LogP contribution in [0, 0.1) is 10.1 Å². The Morgan fingerprint density at radius 2 is 1.89 bits per heavy atom. The summed E-state index contributed by atoms with van der Waals surface area (Å²) in [7, 11) is 0. The minimum absolute atomic E-state index is 0.0417. The number of phenols is 1. The summed E-state index contributed by atoms with van der Waals surface area (Å²) in [5.41, 5.74) is 0. The molecule has 1 rings (SSSR count). The molecule has 0 atom stereocenters. The second-order valence-corrected chi connectivity index (χ2v) is 3.84. The number of hydrogen-bond acceptors (Lipinski definition) is 6. The van der Waals surface area contributed by atoms with Crippen molar-refractivity contribution >= 4 is 5.97 Å². The highest BCUT2D eigenvalue weighted by atomic mass is 16.9. The first kappa shape index (κ1) is 14.7. The number of carbonyl (C=O) groups excluding carboxylic acids is 1. The number of phenolic OH excluding ortho intramolecular Hbond substituents is 1. The zero-order valence-corrected chi connectivity index (χ0v) is 10.3. The van der Waals surface area contributed by atoms with Gasteiger partial charge >= 0.3 is 5.97 Å². The van der Waals surface area contributed by atoms with Gasteiger partial charge in [-0.05, 0) is 37.1 Å². The van der Waals surface area contributed by atoms with Crippen LogP contribution in [0.25, 0.3) is 0 Å². The van der Waals surface area contributed by atoms with E-state index in [9.17, 15) is 14.9 Å². The van der Waals surface area contributed by atoms with E-state index in [2.05, 4.69) is 4.84 Å². The van der Waals surface area contributed by atoms with Gasteiger partial charge in [-0.1, -0.05) is 6.42 Å². The van der Waals surface area contributed by atoms with Crippen molar-refractivity contribution in [3.63, 3.8) is 0 Å². The van der Waals surface area contributed by atoms with E-state index < -0.39 is 5.09 Å². The fourth-order valence-corrected chi connectivity index (χ4v) is 1.38. The van der Waals surface area contributed by atoms with Crippen LogP contribution in [0.15, 0.2) is 24.3 Å². The highest BCUT2D eigenvalue weighted by Crippen LogP contribution is 2.16. The molecule has 1 aromatic carbocycles. The van der Waals surface area contributed by atoms with Crippen molar-refractivity contribution in [3.8, 4) is 11.5 Å². The number of unbranched alkanes of at least 4 members (excludes halogenated alkanes) is 2. The predicted molar refractivity (Wildman–Crippen MR) is 65.2 cm³/mol. The third kappa shape index (κ3) is 6.87. The predicted octanol–water partition coefficient (Wildman–Crippen LogP) is 2.07. The monoisotopic (exact) mass is 269 g/mol. The van der Waals surface area contributed by atoms with E-state index >= 15 is 0 Å². The Balaban J connectivity index is 2.11. The Kier molecular flexibility index (Phi) is 6.14. The van der Waals surface area contributed by atoms with Crippen LogP contribution in [0.3, 0.4) is 0 Å². The molecule has 7 heteroatoms. The molecule has 0 aromatic heterocycles. The molecule has 1 aromatic rings. The van der Waals surface area contributed by atoms with Crippen LogP contribution >= 0.6 is 0 Å². The lowest BCUT2D eigenvalue weighted by molar-refractivity contribution is -0.757. The summed E-state index contributed by atoms with van der Waals surface area (Å²) < 4.78 is 5.02. The molecule has 0 aliphatic heterocycles. The lowest BCUT2D eigenvalue weighted by Gasteiger charge is -2.04. The molecule has 104 valence electrons. The summed E-state index contributed by atoms with van der Waals surface area (Å²) in [6, 6.07) is 5.85. The fraction of sp³-hybridized carbons (Fsp3) is 0.417. The molecule has 7 nitrogen and oxygen atoms in total. The molecule has 0 fully saturated rings. The number of esters is 1. The van der Waals surface area contributed by atoms with Gasteiger partial charge in [-0.3, -0.25) is 4.79 Å². The Hall–Kier alpha value is -2.31. The van der Waals surface area contributed by atoms with Crippen molar-refractivity contribution < 1.29 is 24.6 Å². The van der Waals surface area contributed by atoms with Gasteiger partial charge in [0.05, 0.1) is 6.61 Å². The lowest BCUT2D eigenvalue weighted by atomic mass is 10.2. The number of ether oxygens (including phenoxy) is 1. The van der Waals surface area contributed by atoms with Crippen LogP contribution in [-0.4, -0.2) is 22.8 Å². The van der Waals surface area contributed by atoms with Gasteiger partial charge in [-0.25, -0.2) is 0 Å². The Labute approximate surface area is 109 Å². The average Bonchev–Trinajstić information content (AvgIpc) is 2.36. The summed E-state index contributed by atoms with van der Waals surface area (Å²) in [4.78, 5) is 25.4. The third-order valence-corrected chi connectivity index (χ3v) is 2.29. The Morgan fingerprint density at radius 1 is 1.21 bits per heavy atom. The molecule has 0 bridgehead atoms. The standard InChI is InChI=1S/C12H15NO6/c14-10-5-7-11(8-6-10)19-12(15)4-2-1-3-9-18-13(16)17/h5-8,14H,1-4,9H2. The van der Waals surface area contributed by atoms with Crippen LogP contribution in [0.1, 0.15) is 25.7 Å². The van der Waals surface area contributed by atoms with Gasteiger partial charge in [0.2, 0.25) is 0 Å². The van der Waals surface area contributed by atoms with E-state index in [-0.39, 0.29) is 24.7 Å². The van der Waals surface area contributed by atoms with Gasteiger partial charge < -0.3 is 14.7 Å². The van der Waals surface area contributed by atoms with E-state index in [4.69, 9.17) is 9.84 Å². The summed E-state index contributed by atoms with van der Waals surface area (Å²) in [6.07, 6.45) is 1.99. The van der Waals surface area contributed by atoms with Crippen molar-refractivity contribution in [2.75, 3.05) is 6.61 Å². The molecule has 0 amide bonds. The summed E-state index contributed by atoms with van der Waals surface area (Å²) in [6.45, 7) is 0.0417. The molecule has 0 unspecified atom stereocenters. The van der Waals surface area contributed by atoms with Gasteiger partial charge in [-0.15, -0.1) is 10.1 Å². The first-order valence-corrected chi connectivity index (χ1v) is 5.85. The van der Waals surface area contributed by atoms with Crippen LogP contribution in [0.2, 0.25) is 0 Å². The maximum atomic E-state index is 11.4. The molecule has 0 heterocycles. The number of aromatic hydroxyl groups is 1. The molecular formula is C12H15NO6. The quantitative estimate of drug-likeness (QED) is 0.255. The minimum atomic E-state index is -0.834. The maximum absolute atomic E-state index is 11.4. The number of nitrogens with zero attached hydrogens (tertiary/aromatic N) is 1. The lowest BCUT2D eigenvalue weighted by Crippen LogP contribution is -2.08. The van der Waals surface area contributed by atoms with Crippen molar-refractivity contribution in [3.05, 3.63) is 34.4 Å². The average molecular weight is 269 g/mol. The van der Waals surface area contributed by atoms with E-state index in [1.807, 2.05) is 0 Å². The SMILES string of the molecule is O=C(CCCCCO[N+](=O)[O-])Oc1ccc(O)cc1. The maximum Gasteiger partial charge on any atom is 0.311 e. The molecule has 1 N–H and O–H groups in total. The topological polar surface area (TPSA) is 98.9 Å². The smallest absolute Gasteiger partial charge is 0.311 e. The first-order chi connectivity index (χ1) is 9.08. The molecule has 0 spiro atoms. The van der Waals surface area contributed by atoms with Gasteiger partial charge in [0.25, 0.3) is 5.09 Å². The van der Waals surface area contributed by atoms with Gasteiger partial charge in [0, 0.05) is 6.42 Å². The van der Waals surface area contributed by atoms with E-state index in [0.29, 0.717) is 25.0 Å². The highest BCUT2D eigenvalue weighted by molar-refractivity contribution is 5.72. The minimum Gasteiger partial charge on any atom is -0.508 e. The van der Waals surface area contributed by atoms with Gasteiger partial charge in [0.15, 0.2) is 0 Å². The number of rotatable bonds is 8. The van der Waals surface area contributed by atoms with Crippen LogP contribution in [0.4, 0.5) is 0 Å². The Morgan fingerprint density at radius 3 is 2.53 bits per heavy atom. The number of benzene rings is 1. The number of hydrogen-bond donors (Lipinski definition) is 1. The molecule has 0 aliphatic rings. The van der Waals surface area contributed by atoms with Gasteiger partial charge in [-0.2, -0.15) is 0 Å². The van der Waals surface area contributed by atoms with E-state index in [0.717, 1.165) is 0 Å². The van der Waals surface area contributed by atoms with Crippen molar-refractivity contribution in [1.82, 2.24) is 0 Å². The third-order valence-electron chi connectivity index (χ3n) is 2.29. The second kappa shape index (κ2) is 7.91. The largest absolute Gasteiger partial charge is 0.508 e. The van der Waals surface area contributed by atoms with Crippen molar-refractivity contribution in [2.24, 2.45) is 0 Å². The van der Waals surface area contributed by atoms with Crippen molar-refractivity contribution in [1.29, 1.82) is 0 Å². The van der Waals surface area contributed by atoms with Crippen molar-refractivity contribution in [2.45, 2.75) is 25.7 Å². The normalized spacial score (nSPS) is 9.89. The summed E-state index contributed by atoms with van der Waals surface area (Å²) >= 11 is 0. The molecule has 19 heavy (non-hydrogen) atoms. The molecular weight excluding hydrogens is 254 g/mol. The summed E-state index contributed by atoms with van der Waals surface area (Å²) in [5.74, 6) is 0.103. The molecule has 0 saturated carbocycles. The van der Waals surface area contributed by atoms with E-state index in [1.165, 1.54) is 24.3 Å². The second-order valence-electron chi connectivity index (χ2n) is 3.84. The number of carbonyl (C=O) groups is 1. The fourth-order valence-electron chi connectivity index (χ4n) is 1.38. The summed E-state index contributed by atoms with van der Waals surface area (Å²) in [5, 5.41) is 18.1. The Bertz CT molecular complexity index is 417. The zero-order chi connectivity index (χ0) is 14.1. The van der Waals surface area contributed by atoms with Gasteiger partial charge in [0.1, 0.15) is 11.5 Å². The van der Waals surface area contributed by atoms with Crippen LogP contribution in [0.5, 0.6) is 11.5 Å². The first-order valence-electron chi connectivity index (χ1n) is 5.85. The van der Waals surface area contributed by atoms with Crippen LogP contribution in [-0.2, 0) is 9.63 Å². The molecule has 0 radical (unpaired) electrons. The zero-order valence-electron chi connectivity index (χ0n) is 10.3. The molecule has 0 saturated heterocycles.